The fourth-order valence-electron chi connectivity index (χ4n) is 4.08. The Morgan fingerprint density at radius 1 is 0.929 bits per heavy atom. The summed E-state index contributed by atoms with van der Waals surface area (Å²) in [5, 5.41) is 0. The highest BCUT2D eigenvalue weighted by Gasteiger charge is 2.45. The van der Waals surface area contributed by atoms with Crippen LogP contribution in [0.3, 0.4) is 0 Å². The van der Waals surface area contributed by atoms with Crippen LogP contribution in [0.4, 0.5) is 11.6 Å². The van der Waals surface area contributed by atoms with Gasteiger partial charge in [0, 0.05) is 4.11 Å². The summed E-state index contributed by atoms with van der Waals surface area (Å²) in [6.07, 6.45) is 0. The average Bonchev–Trinajstić information content (AvgIpc) is 3.23. The van der Waals surface area contributed by atoms with Crippen LogP contribution < -0.4 is 4.58 Å². The summed E-state index contributed by atoms with van der Waals surface area (Å²) in [5.41, 5.74) is 5.38. The van der Waals surface area contributed by atoms with Gasteiger partial charge in [-0.25, -0.2) is 4.57 Å². The molecule has 3 aromatic carbocycles. The number of aromatic nitrogens is 2. The summed E-state index contributed by atoms with van der Waals surface area (Å²) in [4.78, 5) is 4.87. The van der Waals surface area contributed by atoms with Gasteiger partial charge in [-0.1, -0.05) is 59.6 Å². The Balaban J connectivity index is 1.83. The number of imidazole rings is 1. The molecule has 3 nitrogen and oxygen atoms in total. The van der Waals surface area contributed by atoms with Crippen molar-refractivity contribution < 1.29 is 4.11 Å². The van der Waals surface area contributed by atoms with Gasteiger partial charge in [-0.05, 0) is 62.5 Å². The van der Waals surface area contributed by atoms with Crippen molar-refractivity contribution in [2.75, 3.05) is 0 Å². The maximum absolute atomic E-state index is 8.42. The number of fused-ring (bicyclic) bond motifs is 3. The number of aryl methyl sites for hydroxylation is 1. The van der Waals surface area contributed by atoms with E-state index in [4.69, 9.17) is 9.10 Å². The second kappa shape index (κ2) is 5.90. The fourth-order valence-corrected chi connectivity index (χ4v) is 4.08. The molecule has 138 valence electrons. The minimum absolute atomic E-state index is 0.644. The third-order valence-electron chi connectivity index (χ3n) is 5.79. The fraction of sp³-hybridized carbons (Fsp3) is 0.200. The Labute approximate surface area is 169 Å². The van der Waals surface area contributed by atoms with Crippen LogP contribution in [-0.4, -0.2) is 15.3 Å². The van der Waals surface area contributed by atoms with E-state index in [1.54, 1.807) is 6.92 Å². The SMILES string of the molecule is [2H]C([2H])([2H])C1(C)C(C)=[N+](c2cc(-c3ccccc3)ccc2C)c2nc3ccccc3n21. The highest BCUT2D eigenvalue weighted by Crippen LogP contribution is 2.40. The lowest BCUT2D eigenvalue weighted by atomic mass is 9.98. The van der Waals surface area contributed by atoms with Crippen LogP contribution in [0.1, 0.15) is 30.4 Å². The lowest BCUT2D eigenvalue weighted by molar-refractivity contribution is 0.528. The zero-order chi connectivity index (χ0) is 22.0. The molecule has 3 heteroatoms. The molecule has 0 radical (unpaired) electrons. The van der Waals surface area contributed by atoms with Crippen molar-refractivity contribution in [2.45, 2.75) is 33.2 Å². The molecule has 0 spiro atoms. The van der Waals surface area contributed by atoms with Crippen molar-refractivity contribution in [1.82, 2.24) is 14.1 Å². The molecule has 0 amide bonds. The Morgan fingerprint density at radius 2 is 1.68 bits per heavy atom. The standard InChI is InChI=1S/C25H24N3/c1-17-14-15-20(19-10-6-5-7-11-19)16-23(17)27-18(2)25(3,4)28-22-13-9-8-12-21(22)26-24(27)28/h5-16H,1-4H3/q+1/i3D3. The highest BCUT2D eigenvalue weighted by molar-refractivity contribution is 6.00. The first-order chi connectivity index (χ1) is 14.7. The minimum atomic E-state index is -2.24. The normalized spacial score (nSPS) is 20.8. The molecule has 0 saturated carbocycles. The van der Waals surface area contributed by atoms with Crippen molar-refractivity contribution in [3.8, 4) is 11.1 Å². The molecule has 1 aliphatic heterocycles. The van der Waals surface area contributed by atoms with E-state index in [1.807, 2.05) is 58.5 Å². The zero-order valence-electron chi connectivity index (χ0n) is 19.3. The number of rotatable bonds is 2. The molecule has 0 fully saturated rings. The molecule has 0 saturated heterocycles. The van der Waals surface area contributed by atoms with E-state index in [0.29, 0.717) is 5.95 Å². The first kappa shape index (κ1) is 13.9. The molecule has 0 aliphatic carbocycles. The molecule has 0 bridgehead atoms. The van der Waals surface area contributed by atoms with Gasteiger partial charge in [0.2, 0.25) is 0 Å². The van der Waals surface area contributed by atoms with E-state index in [1.165, 1.54) is 0 Å². The van der Waals surface area contributed by atoms with Crippen molar-refractivity contribution in [1.29, 1.82) is 0 Å². The van der Waals surface area contributed by atoms with Crippen LogP contribution in [0.2, 0.25) is 0 Å². The van der Waals surface area contributed by atoms with Gasteiger partial charge >= 0.3 is 5.95 Å². The summed E-state index contributed by atoms with van der Waals surface area (Å²) >= 11 is 0. The summed E-state index contributed by atoms with van der Waals surface area (Å²) in [6.45, 7) is 3.51. The molecule has 5 rings (SSSR count). The van der Waals surface area contributed by atoms with Crippen molar-refractivity contribution in [3.05, 3.63) is 78.4 Å². The predicted molar refractivity (Wildman–Crippen MR) is 118 cm³/mol. The Kier molecular flexibility index (Phi) is 2.93. The number of hydrogen-bond acceptors (Lipinski definition) is 1. The predicted octanol–water partition coefficient (Wildman–Crippen LogP) is 6.06. The smallest absolute Gasteiger partial charge is 0.213 e. The van der Waals surface area contributed by atoms with Crippen LogP contribution in [0.25, 0.3) is 22.2 Å². The monoisotopic (exact) mass is 369 g/mol. The summed E-state index contributed by atoms with van der Waals surface area (Å²) < 4.78 is 29.2. The maximum Gasteiger partial charge on any atom is 0.405 e. The number of para-hydroxylation sites is 2. The van der Waals surface area contributed by atoms with Gasteiger partial charge in [-0.15, -0.1) is 0 Å². The second-order valence-electron chi connectivity index (χ2n) is 7.60. The van der Waals surface area contributed by atoms with Gasteiger partial charge < -0.3 is 0 Å². The molecule has 1 unspecified atom stereocenters. The van der Waals surface area contributed by atoms with Crippen LogP contribution in [-0.2, 0) is 5.54 Å². The van der Waals surface area contributed by atoms with Crippen LogP contribution >= 0.6 is 0 Å². The maximum atomic E-state index is 8.42. The number of hydrogen-bond donors (Lipinski definition) is 0. The van der Waals surface area contributed by atoms with E-state index in [0.717, 1.165) is 39.1 Å². The van der Waals surface area contributed by atoms with Crippen molar-refractivity contribution in [3.63, 3.8) is 0 Å². The molecule has 2 heterocycles. The third kappa shape index (κ3) is 2.29. The lowest BCUT2D eigenvalue weighted by Crippen LogP contribution is -2.31. The molecular formula is C25H24N3+. The quantitative estimate of drug-likeness (QED) is 0.394. The summed E-state index contributed by atoms with van der Waals surface area (Å²) in [6, 6.07) is 24.3. The lowest BCUT2D eigenvalue weighted by Gasteiger charge is -2.17. The van der Waals surface area contributed by atoms with Gasteiger partial charge in [-0.2, -0.15) is 4.58 Å². The first-order valence-electron chi connectivity index (χ1n) is 11.0. The Hall–Kier alpha value is -3.20. The first-order valence-corrected chi connectivity index (χ1v) is 9.51. The summed E-state index contributed by atoms with van der Waals surface area (Å²) in [7, 11) is 0. The zero-order valence-corrected chi connectivity index (χ0v) is 16.3. The largest absolute Gasteiger partial charge is 0.405 e. The number of nitrogens with zero attached hydrogens (tertiary/aromatic N) is 3. The van der Waals surface area contributed by atoms with E-state index in [-0.39, 0.29) is 0 Å². The van der Waals surface area contributed by atoms with E-state index in [9.17, 15) is 0 Å². The molecule has 0 N–H and O–H groups in total. The van der Waals surface area contributed by atoms with Gasteiger partial charge in [0.05, 0.1) is 5.71 Å². The van der Waals surface area contributed by atoms with Gasteiger partial charge in [0.25, 0.3) is 0 Å². The summed E-state index contributed by atoms with van der Waals surface area (Å²) in [5.74, 6) is 0.644. The van der Waals surface area contributed by atoms with Crippen LogP contribution in [0.15, 0.2) is 72.8 Å². The number of benzene rings is 3. The van der Waals surface area contributed by atoms with Crippen molar-refractivity contribution in [2.24, 2.45) is 0 Å². The van der Waals surface area contributed by atoms with E-state index in [2.05, 4.69) is 37.3 Å². The molecule has 4 aromatic rings. The molecule has 1 aromatic heterocycles. The molecular weight excluding hydrogens is 342 g/mol. The minimum Gasteiger partial charge on any atom is -0.213 e. The van der Waals surface area contributed by atoms with Crippen LogP contribution in [0.5, 0.6) is 0 Å². The highest BCUT2D eigenvalue weighted by atomic mass is 15.3. The molecule has 28 heavy (non-hydrogen) atoms. The Morgan fingerprint density at radius 3 is 2.46 bits per heavy atom. The van der Waals surface area contributed by atoms with Gasteiger partial charge in [0.1, 0.15) is 16.7 Å². The van der Waals surface area contributed by atoms with Gasteiger partial charge in [-0.3, -0.25) is 0 Å². The Bertz CT molecular complexity index is 1350. The van der Waals surface area contributed by atoms with E-state index < -0.39 is 12.4 Å². The van der Waals surface area contributed by atoms with Crippen LogP contribution in [0, 0.1) is 6.92 Å². The molecule has 1 atom stereocenters. The van der Waals surface area contributed by atoms with E-state index >= 15 is 0 Å². The second-order valence-corrected chi connectivity index (χ2v) is 7.60. The third-order valence-corrected chi connectivity index (χ3v) is 5.79. The average molecular weight is 370 g/mol. The van der Waals surface area contributed by atoms with Crippen molar-refractivity contribution >= 4 is 28.4 Å². The topological polar surface area (TPSA) is 20.8 Å². The van der Waals surface area contributed by atoms with Gasteiger partial charge in [0.15, 0.2) is 5.52 Å². The molecule has 1 aliphatic rings.